The van der Waals surface area contributed by atoms with E-state index in [-0.39, 0.29) is 16.5 Å². The van der Waals surface area contributed by atoms with Crippen LogP contribution in [0.5, 0.6) is 0 Å². The standard InChI is InChI=1S/C12H22N4O3/c1-9(2)10-11(16(17)18)12(15(3)14-10)13-7-5-6-8-19-4/h9,13H,5-8H2,1-4H3. The van der Waals surface area contributed by atoms with Crippen molar-refractivity contribution in [2.75, 3.05) is 25.6 Å². The summed E-state index contributed by atoms with van der Waals surface area (Å²) >= 11 is 0. The van der Waals surface area contributed by atoms with Crippen LogP contribution in [0.15, 0.2) is 0 Å². The van der Waals surface area contributed by atoms with E-state index >= 15 is 0 Å². The SMILES string of the molecule is COCCCCNc1c([N+](=O)[O-])c(C(C)C)nn1C. The Hall–Kier alpha value is -1.63. The zero-order chi connectivity index (χ0) is 14.4. The van der Waals surface area contributed by atoms with Crippen molar-refractivity contribution in [2.24, 2.45) is 7.05 Å². The minimum absolute atomic E-state index is 0.0237. The van der Waals surface area contributed by atoms with Gasteiger partial charge in [0, 0.05) is 33.2 Å². The average molecular weight is 270 g/mol. The molecule has 0 aliphatic heterocycles. The van der Waals surface area contributed by atoms with Crippen LogP contribution in [-0.2, 0) is 11.8 Å². The van der Waals surface area contributed by atoms with Crippen molar-refractivity contribution in [3.05, 3.63) is 15.8 Å². The number of unbranched alkanes of at least 4 members (excludes halogenated alkanes) is 1. The molecule has 0 spiro atoms. The molecule has 0 aromatic carbocycles. The van der Waals surface area contributed by atoms with Crippen LogP contribution in [0.3, 0.4) is 0 Å². The summed E-state index contributed by atoms with van der Waals surface area (Å²) < 4.78 is 6.51. The number of nitrogens with one attached hydrogen (secondary N) is 1. The van der Waals surface area contributed by atoms with E-state index in [1.54, 1.807) is 18.8 Å². The first-order chi connectivity index (χ1) is 8.99. The van der Waals surface area contributed by atoms with E-state index in [2.05, 4.69) is 10.4 Å². The maximum atomic E-state index is 11.2. The van der Waals surface area contributed by atoms with Gasteiger partial charge >= 0.3 is 5.69 Å². The fraction of sp³-hybridized carbons (Fsp3) is 0.750. The molecule has 1 heterocycles. The van der Waals surface area contributed by atoms with Crippen molar-refractivity contribution in [3.8, 4) is 0 Å². The molecule has 0 saturated heterocycles. The highest BCUT2D eigenvalue weighted by molar-refractivity contribution is 5.60. The number of hydrogen-bond acceptors (Lipinski definition) is 5. The van der Waals surface area contributed by atoms with Crippen LogP contribution >= 0.6 is 0 Å². The molecule has 19 heavy (non-hydrogen) atoms. The first kappa shape index (κ1) is 15.4. The molecular formula is C12H22N4O3. The van der Waals surface area contributed by atoms with Crippen molar-refractivity contribution >= 4 is 11.5 Å². The van der Waals surface area contributed by atoms with E-state index in [0.29, 0.717) is 24.7 Å². The summed E-state index contributed by atoms with van der Waals surface area (Å²) in [5.74, 6) is 0.502. The third-order valence-corrected chi connectivity index (χ3v) is 2.85. The Morgan fingerprint density at radius 2 is 2.16 bits per heavy atom. The first-order valence-corrected chi connectivity index (χ1v) is 6.43. The lowest BCUT2D eigenvalue weighted by Crippen LogP contribution is -2.08. The number of nitrogens with zero attached hydrogens (tertiary/aromatic N) is 3. The van der Waals surface area contributed by atoms with E-state index in [1.807, 2.05) is 13.8 Å². The molecule has 0 aliphatic rings. The van der Waals surface area contributed by atoms with Crippen LogP contribution in [0.1, 0.15) is 38.3 Å². The van der Waals surface area contributed by atoms with Gasteiger partial charge in [-0.1, -0.05) is 13.8 Å². The number of nitro groups is 1. The van der Waals surface area contributed by atoms with Gasteiger partial charge in [0.15, 0.2) is 0 Å². The molecule has 0 saturated carbocycles. The fourth-order valence-corrected chi connectivity index (χ4v) is 1.88. The zero-order valence-electron chi connectivity index (χ0n) is 12.0. The Kier molecular flexibility index (Phi) is 5.75. The molecule has 0 bridgehead atoms. The number of rotatable bonds is 8. The summed E-state index contributed by atoms with van der Waals surface area (Å²) in [6.45, 7) is 5.17. The largest absolute Gasteiger partial charge is 0.385 e. The molecule has 7 heteroatoms. The van der Waals surface area contributed by atoms with Crippen LogP contribution in [0.4, 0.5) is 11.5 Å². The fourth-order valence-electron chi connectivity index (χ4n) is 1.88. The van der Waals surface area contributed by atoms with Gasteiger partial charge in [0.2, 0.25) is 5.82 Å². The lowest BCUT2D eigenvalue weighted by Gasteiger charge is -2.05. The van der Waals surface area contributed by atoms with Gasteiger partial charge in [-0.25, -0.2) is 4.68 Å². The van der Waals surface area contributed by atoms with Gasteiger partial charge in [0.25, 0.3) is 0 Å². The Balaban J connectivity index is 2.79. The van der Waals surface area contributed by atoms with Gasteiger partial charge < -0.3 is 10.1 Å². The first-order valence-electron chi connectivity index (χ1n) is 6.43. The summed E-state index contributed by atoms with van der Waals surface area (Å²) in [7, 11) is 3.38. The van der Waals surface area contributed by atoms with Crippen LogP contribution in [0.2, 0.25) is 0 Å². The van der Waals surface area contributed by atoms with E-state index in [0.717, 1.165) is 12.8 Å². The van der Waals surface area contributed by atoms with Crippen molar-refractivity contribution in [3.63, 3.8) is 0 Å². The minimum atomic E-state index is -0.361. The molecule has 0 unspecified atom stereocenters. The molecular weight excluding hydrogens is 248 g/mol. The number of aryl methyl sites for hydroxylation is 1. The topological polar surface area (TPSA) is 82.2 Å². The Morgan fingerprint density at radius 3 is 2.68 bits per heavy atom. The molecule has 0 fully saturated rings. The number of methoxy groups -OCH3 is 1. The maximum absolute atomic E-state index is 11.2. The second-order valence-electron chi connectivity index (χ2n) is 4.74. The van der Waals surface area contributed by atoms with Crippen LogP contribution in [0.25, 0.3) is 0 Å². The highest BCUT2D eigenvalue weighted by Gasteiger charge is 2.27. The van der Waals surface area contributed by atoms with Crippen LogP contribution in [-0.4, -0.2) is 35.0 Å². The molecule has 0 amide bonds. The van der Waals surface area contributed by atoms with Crippen LogP contribution < -0.4 is 5.32 Å². The van der Waals surface area contributed by atoms with E-state index in [1.165, 1.54) is 0 Å². The molecule has 7 nitrogen and oxygen atoms in total. The summed E-state index contributed by atoms with van der Waals surface area (Å²) in [5.41, 5.74) is 0.608. The van der Waals surface area contributed by atoms with E-state index < -0.39 is 0 Å². The second kappa shape index (κ2) is 7.08. The number of anilines is 1. The Morgan fingerprint density at radius 1 is 1.47 bits per heavy atom. The van der Waals surface area contributed by atoms with Gasteiger partial charge in [0.1, 0.15) is 5.69 Å². The Labute approximate surface area is 113 Å². The quantitative estimate of drug-likeness (QED) is 0.445. The van der Waals surface area contributed by atoms with E-state index in [4.69, 9.17) is 4.74 Å². The molecule has 1 aromatic rings. The predicted octanol–water partition coefficient (Wildman–Crippen LogP) is 2.29. The van der Waals surface area contributed by atoms with Crippen molar-refractivity contribution in [2.45, 2.75) is 32.6 Å². The minimum Gasteiger partial charge on any atom is -0.385 e. The molecule has 0 aliphatic carbocycles. The monoisotopic (exact) mass is 270 g/mol. The Bertz CT molecular complexity index is 429. The van der Waals surface area contributed by atoms with Gasteiger partial charge in [-0.2, -0.15) is 5.10 Å². The molecule has 0 radical (unpaired) electrons. The highest BCUT2D eigenvalue weighted by atomic mass is 16.6. The lowest BCUT2D eigenvalue weighted by molar-refractivity contribution is -0.384. The molecule has 1 rings (SSSR count). The van der Waals surface area contributed by atoms with E-state index in [9.17, 15) is 10.1 Å². The van der Waals surface area contributed by atoms with Gasteiger partial charge in [0.05, 0.1) is 4.92 Å². The van der Waals surface area contributed by atoms with Crippen molar-refractivity contribution in [1.82, 2.24) is 9.78 Å². The van der Waals surface area contributed by atoms with Gasteiger partial charge in [-0.15, -0.1) is 0 Å². The number of aromatic nitrogens is 2. The third kappa shape index (κ3) is 3.92. The van der Waals surface area contributed by atoms with Crippen molar-refractivity contribution in [1.29, 1.82) is 0 Å². The molecule has 108 valence electrons. The zero-order valence-corrected chi connectivity index (χ0v) is 12.0. The smallest absolute Gasteiger partial charge is 0.334 e. The summed E-state index contributed by atoms with van der Waals surface area (Å²) in [4.78, 5) is 10.8. The maximum Gasteiger partial charge on any atom is 0.334 e. The molecule has 1 N–H and O–H groups in total. The molecule has 0 atom stereocenters. The highest BCUT2D eigenvalue weighted by Crippen LogP contribution is 2.32. The van der Waals surface area contributed by atoms with Crippen molar-refractivity contribution < 1.29 is 9.66 Å². The average Bonchev–Trinajstić information content (AvgIpc) is 2.67. The summed E-state index contributed by atoms with van der Waals surface area (Å²) in [6.07, 6.45) is 1.82. The predicted molar refractivity (Wildman–Crippen MR) is 73.6 cm³/mol. The van der Waals surface area contributed by atoms with Crippen LogP contribution in [0, 0.1) is 10.1 Å². The lowest BCUT2D eigenvalue weighted by atomic mass is 10.1. The van der Waals surface area contributed by atoms with Gasteiger partial charge in [-0.3, -0.25) is 10.1 Å². The normalized spacial score (nSPS) is 11.0. The number of hydrogen-bond donors (Lipinski definition) is 1. The third-order valence-electron chi connectivity index (χ3n) is 2.85. The number of ether oxygens (including phenoxy) is 1. The summed E-state index contributed by atoms with van der Waals surface area (Å²) in [5, 5.41) is 18.5. The summed E-state index contributed by atoms with van der Waals surface area (Å²) in [6, 6.07) is 0. The van der Waals surface area contributed by atoms with Gasteiger partial charge in [-0.05, 0) is 12.8 Å². The second-order valence-corrected chi connectivity index (χ2v) is 4.74. The molecule has 1 aromatic heterocycles.